The van der Waals surface area contributed by atoms with Crippen LogP contribution in [0.3, 0.4) is 0 Å². The molecule has 0 aliphatic heterocycles. The molecule has 4 heteroatoms. The molecule has 1 aliphatic rings. The van der Waals surface area contributed by atoms with Crippen LogP contribution in [0.4, 0.5) is 0 Å². The lowest BCUT2D eigenvalue weighted by molar-refractivity contribution is -0.170. The van der Waals surface area contributed by atoms with Gasteiger partial charge >= 0.3 is 5.97 Å². The minimum Gasteiger partial charge on any atom is -0.464 e. The smallest absolute Gasteiger partial charge is 0.338 e. The number of esters is 1. The highest BCUT2D eigenvalue weighted by Gasteiger charge is 2.41. The normalized spacial score (nSPS) is 34.2. The molecule has 1 aliphatic carbocycles. The Labute approximate surface area is 77.5 Å². The fraction of sp³-hybridized carbons (Fsp3) is 0.889. The van der Waals surface area contributed by atoms with E-state index in [2.05, 4.69) is 0 Å². The first kappa shape index (κ1) is 10.5. The second kappa shape index (κ2) is 4.07. The van der Waals surface area contributed by atoms with E-state index in [1.165, 1.54) is 0 Å². The molecule has 1 fully saturated rings. The van der Waals surface area contributed by atoms with Gasteiger partial charge in [-0.25, -0.2) is 4.79 Å². The van der Waals surface area contributed by atoms with Crippen molar-refractivity contribution >= 4 is 5.97 Å². The zero-order chi connectivity index (χ0) is 9.90. The molecule has 4 nitrogen and oxygen atoms in total. The summed E-state index contributed by atoms with van der Waals surface area (Å²) in [5.74, 6) is -0.526. The standard InChI is InChI=1S/C9H16O4/c1-2-13-8(11)9(12)5-3-7(10)4-6-9/h7,10,12H,2-6H2,1H3/p+1. The van der Waals surface area contributed by atoms with Crippen molar-refractivity contribution in [2.45, 2.75) is 44.3 Å². The first-order valence-corrected chi connectivity index (χ1v) is 4.69. The van der Waals surface area contributed by atoms with Gasteiger partial charge in [-0.05, 0) is 19.8 Å². The molecule has 13 heavy (non-hydrogen) atoms. The van der Waals surface area contributed by atoms with Crippen LogP contribution in [0.15, 0.2) is 0 Å². The number of hydrogen-bond donors (Lipinski definition) is 1. The van der Waals surface area contributed by atoms with Crippen molar-refractivity contribution in [1.29, 1.82) is 0 Å². The molecule has 0 radical (unpaired) electrons. The van der Waals surface area contributed by atoms with E-state index in [-0.39, 0.29) is 6.10 Å². The highest BCUT2D eigenvalue weighted by atomic mass is 16.5. The Balaban J connectivity index is 2.51. The van der Waals surface area contributed by atoms with Crippen molar-refractivity contribution < 1.29 is 19.7 Å². The number of ether oxygens (including phenoxy) is 1. The summed E-state index contributed by atoms with van der Waals surface area (Å²) in [5.41, 5.74) is -1.31. The minimum absolute atomic E-state index is 0.130. The number of carbonyl (C=O) groups is 1. The highest BCUT2D eigenvalue weighted by molar-refractivity contribution is 5.79. The predicted molar refractivity (Wildman–Crippen MR) is 47.5 cm³/mol. The van der Waals surface area contributed by atoms with Gasteiger partial charge in [0.25, 0.3) is 0 Å². The summed E-state index contributed by atoms with van der Waals surface area (Å²) in [4.78, 5) is 11.3. The summed E-state index contributed by atoms with van der Waals surface area (Å²) in [6.07, 6.45) is 1.75. The van der Waals surface area contributed by atoms with Crippen LogP contribution in [-0.4, -0.2) is 34.5 Å². The maximum Gasteiger partial charge on any atom is 0.338 e. The average Bonchev–Trinajstić information content (AvgIpc) is 2.11. The Morgan fingerprint density at radius 1 is 1.62 bits per heavy atom. The van der Waals surface area contributed by atoms with E-state index >= 15 is 0 Å². The van der Waals surface area contributed by atoms with Crippen LogP contribution in [0.2, 0.25) is 0 Å². The molecule has 0 spiro atoms. The summed E-state index contributed by atoms with van der Waals surface area (Å²) >= 11 is 0. The van der Waals surface area contributed by atoms with Gasteiger partial charge in [-0.1, -0.05) is 0 Å². The topological polar surface area (TPSA) is 69.4 Å². The van der Waals surface area contributed by atoms with Crippen LogP contribution < -0.4 is 0 Å². The van der Waals surface area contributed by atoms with Crippen LogP contribution in [0.5, 0.6) is 0 Å². The van der Waals surface area contributed by atoms with Crippen LogP contribution in [0.25, 0.3) is 0 Å². The van der Waals surface area contributed by atoms with Gasteiger partial charge in [-0.3, -0.25) is 0 Å². The molecule has 0 aromatic heterocycles. The molecular formula is C9H17O4+. The average molecular weight is 189 g/mol. The number of rotatable bonds is 2. The third-order valence-corrected chi connectivity index (χ3v) is 2.47. The Hall–Kier alpha value is -0.610. The van der Waals surface area contributed by atoms with Gasteiger partial charge in [0.2, 0.25) is 0 Å². The van der Waals surface area contributed by atoms with Crippen molar-refractivity contribution in [3.63, 3.8) is 0 Å². The lowest BCUT2D eigenvalue weighted by atomic mass is 9.83. The fourth-order valence-electron chi connectivity index (χ4n) is 1.56. The molecular weight excluding hydrogens is 172 g/mol. The van der Waals surface area contributed by atoms with E-state index in [9.17, 15) is 9.90 Å². The Morgan fingerprint density at radius 3 is 2.62 bits per heavy atom. The SMILES string of the molecule is CCOC(=O)C1(O)CCC([OH2+])CC1. The quantitative estimate of drug-likeness (QED) is 0.489. The van der Waals surface area contributed by atoms with Crippen LogP contribution in [0, 0.1) is 0 Å². The van der Waals surface area contributed by atoms with E-state index in [1.54, 1.807) is 6.92 Å². The van der Waals surface area contributed by atoms with Gasteiger partial charge < -0.3 is 14.9 Å². The van der Waals surface area contributed by atoms with E-state index < -0.39 is 11.6 Å². The Kier molecular flexibility index (Phi) is 3.27. The molecule has 0 aromatic rings. The molecule has 0 atom stereocenters. The molecule has 76 valence electrons. The van der Waals surface area contributed by atoms with E-state index in [4.69, 9.17) is 9.84 Å². The summed E-state index contributed by atoms with van der Waals surface area (Å²) < 4.78 is 4.77. The van der Waals surface area contributed by atoms with Gasteiger partial charge in [0, 0.05) is 12.8 Å². The monoisotopic (exact) mass is 189 g/mol. The lowest BCUT2D eigenvalue weighted by Gasteiger charge is -2.30. The molecule has 1 rings (SSSR count). The highest BCUT2D eigenvalue weighted by Crippen LogP contribution is 2.29. The van der Waals surface area contributed by atoms with Crippen LogP contribution in [-0.2, 0) is 9.53 Å². The van der Waals surface area contributed by atoms with E-state index in [0.717, 1.165) is 0 Å². The molecule has 0 bridgehead atoms. The van der Waals surface area contributed by atoms with Gasteiger partial charge in [0.1, 0.15) is 0 Å². The zero-order valence-electron chi connectivity index (χ0n) is 7.88. The van der Waals surface area contributed by atoms with E-state index in [1.807, 2.05) is 0 Å². The van der Waals surface area contributed by atoms with Crippen molar-refractivity contribution in [3.8, 4) is 0 Å². The first-order valence-electron chi connectivity index (χ1n) is 4.69. The first-order chi connectivity index (χ1) is 6.08. The number of carbonyl (C=O) groups excluding carboxylic acids is 1. The summed E-state index contributed by atoms with van der Waals surface area (Å²) in [6.45, 7) is 2.02. The molecule has 0 heterocycles. The summed E-state index contributed by atoms with van der Waals surface area (Å²) in [5, 5.41) is 17.3. The second-order valence-electron chi connectivity index (χ2n) is 3.53. The summed E-state index contributed by atoms with van der Waals surface area (Å²) in [6, 6.07) is 0. The molecule has 0 unspecified atom stereocenters. The maximum atomic E-state index is 11.3. The molecule has 0 saturated heterocycles. The third-order valence-electron chi connectivity index (χ3n) is 2.47. The van der Waals surface area contributed by atoms with Gasteiger partial charge in [0.15, 0.2) is 11.7 Å². The molecule has 0 amide bonds. The molecule has 1 saturated carbocycles. The zero-order valence-corrected chi connectivity index (χ0v) is 7.88. The second-order valence-corrected chi connectivity index (χ2v) is 3.53. The predicted octanol–water partition coefficient (Wildman–Crippen LogP) is -0.0522. The van der Waals surface area contributed by atoms with Gasteiger partial charge in [-0.15, -0.1) is 0 Å². The Morgan fingerprint density at radius 2 is 2.15 bits per heavy atom. The largest absolute Gasteiger partial charge is 0.464 e. The number of hydrogen-bond acceptors (Lipinski definition) is 3. The molecule has 3 N–H and O–H groups in total. The van der Waals surface area contributed by atoms with Gasteiger partial charge in [0.05, 0.1) is 6.61 Å². The number of aliphatic hydroxyl groups is 1. The lowest BCUT2D eigenvalue weighted by Crippen LogP contribution is -2.44. The van der Waals surface area contributed by atoms with Crippen molar-refractivity contribution in [2.75, 3.05) is 6.61 Å². The maximum absolute atomic E-state index is 11.3. The van der Waals surface area contributed by atoms with Crippen LogP contribution >= 0.6 is 0 Å². The van der Waals surface area contributed by atoms with Crippen LogP contribution in [0.1, 0.15) is 32.6 Å². The van der Waals surface area contributed by atoms with Crippen molar-refractivity contribution in [2.24, 2.45) is 0 Å². The fourth-order valence-corrected chi connectivity index (χ4v) is 1.56. The van der Waals surface area contributed by atoms with E-state index in [0.29, 0.717) is 32.3 Å². The van der Waals surface area contributed by atoms with Gasteiger partial charge in [-0.2, -0.15) is 0 Å². The third kappa shape index (κ3) is 2.42. The van der Waals surface area contributed by atoms with Crippen molar-refractivity contribution in [3.05, 3.63) is 0 Å². The summed E-state index contributed by atoms with van der Waals surface area (Å²) in [7, 11) is 0. The van der Waals surface area contributed by atoms with Crippen molar-refractivity contribution in [1.82, 2.24) is 0 Å². The minimum atomic E-state index is -1.31. The Bertz CT molecular complexity index is 182. The molecule has 0 aromatic carbocycles.